The number of carbonyl (C=O) groups is 1. The molecule has 0 aliphatic carbocycles. The zero-order chi connectivity index (χ0) is 16.1. The quantitative estimate of drug-likeness (QED) is 0.873. The van der Waals surface area contributed by atoms with Crippen molar-refractivity contribution in [2.45, 2.75) is 32.0 Å². The highest BCUT2D eigenvalue weighted by atomic mass is 19.3. The van der Waals surface area contributed by atoms with Crippen LogP contribution in [0.5, 0.6) is 11.5 Å². The fourth-order valence-corrected chi connectivity index (χ4v) is 2.47. The van der Waals surface area contributed by atoms with Crippen LogP contribution in [0.25, 0.3) is 0 Å². The van der Waals surface area contributed by atoms with Gasteiger partial charge in [-0.15, -0.1) is 0 Å². The lowest BCUT2D eigenvalue weighted by atomic mass is 10.1. The maximum atomic E-state index is 12.5. The minimum Gasteiger partial charge on any atom is -0.497 e. The van der Waals surface area contributed by atoms with E-state index in [0.29, 0.717) is 30.8 Å². The third-order valence-corrected chi connectivity index (χ3v) is 3.69. The molecule has 1 aliphatic rings. The van der Waals surface area contributed by atoms with Crippen LogP contribution in [-0.4, -0.2) is 44.2 Å². The second-order valence-electron chi connectivity index (χ2n) is 5.24. The predicted molar refractivity (Wildman–Crippen MR) is 77.1 cm³/mol. The van der Waals surface area contributed by atoms with Gasteiger partial charge in [0.05, 0.1) is 7.11 Å². The van der Waals surface area contributed by atoms with Gasteiger partial charge >= 0.3 is 6.61 Å². The first kappa shape index (κ1) is 16.5. The van der Waals surface area contributed by atoms with Crippen molar-refractivity contribution in [3.8, 4) is 11.5 Å². The van der Waals surface area contributed by atoms with E-state index in [0.717, 1.165) is 6.42 Å². The standard InChI is InChI=1S/C15H20F2N2O3/c1-19-9-11(3-6-14(19)20)18-8-10-7-12(21-2)4-5-13(10)22-15(16)17/h4-5,7,11,15,18H,3,6,8-9H2,1-2H3. The van der Waals surface area contributed by atoms with Crippen LogP contribution >= 0.6 is 0 Å². The number of ether oxygens (including phenoxy) is 2. The number of likely N-dealkylation sites (tertiary alicyclic amines) is 1. The van der Waals surface area contributed by atoms with Crippen LogP contribution in [0.1, 0.15) is 18.4 Å². The minimum absolute atomic E-state index is 0.126. The Balaban J connectivity index is 2.02. The van der Waals surface area contributed by atoms with Gasteiger partial charge in [0, 0.05) is 38.2 Å². The molecule has 22 heavy (non-hydrogen) atoms. The molecule has 1 aromatic rings. The molecule has 1 saturated heterocycles. The molecule has 1 atom stereocenters. The Bertz CT molecular complexity index is 526. The van der Waals surface area contributed by atoms with Crippen LogP contribution in [0.4, 0.5) is 8.78 Å². The number of nitrogens with one attached hydrogen (secondary N) is 1. The van der Waals surface area contributed by atoms with Crippen molar-refractivity contribution in [1.82, 2.24) is 10.2 Å². The van der Waals surface area contributed by atoms with Gasteiger partial charge in [-0.1, -0.05) is 0 Å². The smallest absolute Gasteiger partial charge is 0.387 e. The third-order valence-electron chi connectivity index (χ3n) is 3.69. The Morgan fingerprint density at radius 1 is 1.45 bits per heavy atom. The van der Waals surface area contributed by atoms with Gasteiger partial charge in [-0.25, -0.2) is 0 Å². The zero-order valence-corrected chi connectivity index (χ0v) is 12.6. The summed E-state index contributed by atoms with van der Waals surface area (Å²) in [4.78, 5) is 13.1. The average molecular weight is 314 g/mol. The molecular formula is C15H20F2N2O3. The summed E-state index contributed by atoms with van der Waals surface area (Å²) < 4.78 is 34.6. The summed E-state index contributed by atoms with van der Waals surface area (Å²) in [5.41, 5.74) is 0.596. The van der Waals surface area contributed by atoms with Crippen molar-refractivity contribution in [2.24, 2.45) is 0 Å². The number of halogens is 2. The molecule has 0 saturated carbocycles. The number of hydrogen-bond donors (Lipinski definition) is 1. The number of benzene rings is 1. The average Bonchev–Trinajstić information content (AvgIpc) is 2.49. The molecule has 7 heteroatoms. The van der Waals surface area contributed by atoms with E-state index in [1.165, 1.54) is 13.2 Å². The minimum atomic E-state index is -2.87. The third kappa shape index (κ3) is 4.30. The monoisotopic (exact) mass is 314 g/mol. The van der Waals surface area contributed by atoms with Crippen LogP contribution < -0.4 is 14.8 Å². The summed E-state index contributed by atoms with van der Waals surface area (Å²) in [7, 11) is 3.27. The number of piperidine rings is 1. The van der Waals surface area contributed by atoms with Gasteiger partial charge in [0.25, 0.3) is 0 Å². The van der Waals surface area contributed by atoms with Crippen molar-refractivity contribution in [3.05, 3.63) is 23.8 Å². The molecule has 1 fully saturated rings. The normalized spacial score (nSPS) is 18.7. The maximum absolute atomic E-state index is 12.5. The van der Waals surface area contributed by atoms with Crippen LogP contribution in [0.3, 0.4) is 0 Å². The Morgan fingerprint density at radius 2 is 2.23 bits per heavy atom. The van der Waals surface area contributed by atoms with Crippen molar-refractivity contribution in [3.63, 3.8) is 0 Å². The summed E-state index contributed by atoms with van der Waals surface area (Å²) in [5, 5.41) is 3.28. The van der Waals surface area contributed by atoms with E-state index in [-0.39, 0.29) is 17.7 Å². The van der Waals surface area contributed by atoms with E-state index >= 15 is 0 Å². The Kier molecular flexibility index (Phi) is 5.54. The van der Waals surface area contributed by atoms with Crippen LogP contribution in [0, 0.1) is 0 Å². The van der Waals surface area contributed by atoms with E-state index in [4.69, 9.17) is 4.74 Å². The molecule has 1 N–H and O–H groups in total. The molecule has 0 radical (unpaired) electrons. The lowest BCUT2D eigenvalue weighted by molar-refractivity contribution is -0.132. The molecule has 1 aliphatic heterocycles. The second-order valence-corrected chi connectivity index (χ2v) is 5.24. The fraction of sp³-hybridized carbons (Fsp3) is 0.533. The van der Waals surface area contributed by atoms with Crippen LogP contribution in [-0.2, 0) is 11.3 Å². The molecule has 1 amide bonds. The lowest BCUT2D eigenvalue weighted by Gasteiger charge is -2.30. The topological polar surface area (TPSA) is 50.8 Å². The first-order valence-corrected chi connectivity index (χ1v) is 7.08. The molecule has 0 bridgehead atoms. The number of carbonyl (C=O) groups excluding carboxylic acids is 1. The fourth-order valence-electron chi connectivity index (χ4n) is 2.47. The first-order chi connectivity index (χ1) is 10.5. The molecule has 0 spiro atoms. The Hall–Kier alpha value is -1.89. The Morgan fingerprint density at radius 3 is 2.86 bits per heavy atom. The second kappa shape index (κ2) is 7.40. The summed E-state index contributed by atoms with van der Waals surface area (Å²) in [6.07, 6.45) is 1.23. The van der Waals surface area contributed by atoms with Gasteiger partial charge in [-0.3, -0.25) is 4.79 Å². The highest BCUT2D eigenvalue weighted by Crippen LogP contribution is 2.26. The van der Waals surface area contributed by atoms with E-state index in [9.17, 15) is 13.6 Å². The molecule has 1 heterocycles. The first-order valence-electron chi connectivity index (χ1n) is 7.08. The maximum Gasteiger partial charge on any atom is 0.387 e. The van der Waals surface area contributed by atoms with Crippen LogP contribution in [0.15, 0.2) is 18.2 Å². The predicted octanol–water partition coefficient (Wildman–Crippen LogP) is 2.01. The number of nitrogens with zero attached hydrogens (tertiary/aromatic N) is 1. The number of hydrogen-bond acceptors (Lipinski definition) is 4. The van der Waals surface area contributed by atoms with E-state index in [1.807, 2.05) is 0 Å². The number of amides is 1. The summed E-state index contributed by atoms with van der Waals surface area (Å²) in [6, 6.07) is 4.85. The van der Waals surface area contributed by atoms with E-state index in [2.05, 4.69) is 10.1 Å². The van der Waals surface area contributed by atoms with Gasteiger partial charge in [-0.2, -0.15) is 8.78 Å². The number of alkyl halides is 2. The molecule has 122 valence electrons. The highest BCUT2D eigenvalue weighted by Gasteiger charge is 2.22. The van der Waals surface area contributed by atoms with Crippen LogP contribution in [0.2, 0.25) is 0 Å². The Labute approximate surface area is 128 Å². The van der Waals surface area contributed by atoms with E-state index < -0.39 is 6.61 Å². The van der Waals surface area contributed by atoms with Crippen molar-refractivity contribution in [2.75, 3.05) is 20.7 Å². The van der Waals surface area contributed by atoms with E-state index in [1.54, 1.807) is 24.1 Å². The van der Waals surface area contributed by atoms with Gasteiger partial charge in [0.15, 0.2) is 0 Å². The highest BCUT2D eigenvalue weighted by molar-refractivity contribution is 5.76. The molecule has 1 unspecified atom stereocenters. The largest absolute Gasteiger partial charge is 0.497 e. The summed E-state index contributed by atoms with van der Waals surface area (Å²) in [6.45, 7) is -1.90. The van der Waals surface area contributed by atoms with Crippen molar-refractivity contribution < 1.29 is 23.0 Å². The molecular weight excluding hydrogens is 294 g/mol. The van der Waals surface area contributed by atoms with Crippen molar-refractivity contribution >= 4 is 5.91 Å². The lowest BCUT2D eigenvalue weighted by Crippen LogP contribution is -2.46. The molecule has 0 aromatic heterocycles. The number of rotatable bonds is 6. The summed E-state index contributed by atoms with van der Waals surface area (Å²) >= 11 is 0. The van der Waals surface area contributed by atoms with Gasteiger partial charge in [0.2, 0.25) is 5.91 Å². The molecule has 5 nitrogen and oxygen atoms in total. The van der Waals surface area contributed by atoms with Gasteiger partial charge in [-0.05, 0) is 24.6 Å². The van der Waals surface area contributed by atoms with Gasteiger partial charge < -0.3 is 19.7 Å². The van der Waals surface area contributed by atoms with Gasteiger partial charge in [0.1, 0.15) is 11.5 Å². The molecule has 2 rings (SSSR count). The zero-order valence-electron chi connectivity index (χ0n) is 12.6. The van der Waals surface area contributed by atoms with Crippen molar-refractivity contribution in [1.29, 1.82) is 0 Å². The molecule has 1 aromatic carbocycles. The SMILES string of the molecule is COc1ccc(OC(F)F)c(CNC2CCC(=O)N(C)C2)c1. The number of likely N-dealkylation sites (N-methyl/N-ethyl adjacent to an activating group) is 1. The summed E-state index contributed by atoms with van der Waals surface area (Å²) in [5.74, 6) is 0.832. The number of methoxy groups -OCH3 is 1.